The molecule has 7 heteroatoms. The lowest BCUT2D eigenvalue weighted by molar-refractivity contribution is -0.134. The fraction of sp³-hybridized carbons (Fsp3) is 0.269. The van der Waals surface area contributed by atoms with Crippen molar-refractivity contribution in [3.05, 3.63) is 96.5 Å². The molecule has 2 aliphatic rings. The van der Waals surface area contributed by atoms with Gasteiger partial charge in [-0.3, -0.25) is 4.79 Å². The molecule has 1 saturated heterocycles. The van der Waals surface area contributed by atoms with E-state index in [4.69, 9.17) is 34.8 Å². The van der Waals surface area contributed by atoms with Crippen molar-refractivity contribution >= 4 is 69.0 Å². The molecule has 1 atom stereocenters. The lowest BCUT2D eigenvalue weighted by atomic mass is 9.93. The Morgan fingerprint density at radius 2 is 1.55 bits per heavy atom. The van der Waals surface area contributed by atoms with Crippen LogP contribution in [0.3, 0.4) is 0 Å². The highest BCUT2D eigenvalue weighted by Gasteiger charge is 2.53. The van der Waals surface area contributed by atoms with Crippen LogP contribution in [0.5, 0.6) is 0 Å². The predicted molar refractivity (Wildman–Crippen MR) is 145 cm³/mol. The molecule has 1 saturated carbocycles. The molecule has 1 aliphatic carbocycles. The van der Waals surface area contributed by atoms with Gasteiger partial charge in [0.1, 0.15) is 0 Å². The van der Waals surface area contributed by atoms with Crippen LogP contribution in [-0.2, 0) is 10.2 Å². The van der Waals surface area contributed by atoms with Crippen molar-refractivity contribution in [2.45, 2.75) is 24.3 Å². The van der Waals surface area contributed by atoms with Crippen molar-refractivity contribution in [1.82, 2.24) is 4.90 Å². The van der Waals surface area contributed by atoms with Crippen LogP contribution in [0.25, 0.3) is 0 Å². The number of carbonyl (C=O) groups excluding carboxylic acids is 1. The van der Waals surface area contributed by atoms with E-state index in [1.165, 1.54) is 3.57 Å². The molecular weight excluding hydrogens is 590 g/mol. The summed E-state index contributed by atoms with van der Waals surface area (Å²) in [5.74, 6) is 0.226. The van der Waals surface area contributed by atoms with E-state index in [0.29, 0.717) is 34.7 Å². The van der Waals surface area contributed by atoms with Gasteiger partial charge in [-0.05, 0) is 89.0 Å². The minimum Gasteiger partial charge on any atom is -0.360 e. The van der Waals surface area contributed by atoms with E-state index < -0.39 is 0 Å². The van der Waals surface area contributed by atoms with Crippen LogP contribution >= 0.6 is 57.4 Å². The summed E-state index contributed by atoms with van der Waals surface area (Å²) in [5.41, 5.74) is 2.77. The number of hydrogen-bond acceptors (Lipinski definition) is 2. The van der Waals surface area contributed by atoms with Crippen molar-refractivity contribution in [2.75, 3.05) is 24.5 Å². The monoisotopic (exact) mass is 610 g/mol. The molecule has 1 amide bonds. The van der Waals surface area contributed by atoms with Crippen LogP contribution in [0.2, 0.25) is 15.1 Å². The molecule has 170 valence electrons. The molecule has 3 aromatic carbocycles. The molecule has 0 radical (unpaired) electrons. The molecule has 5 rings (SSSR count). The Labute approximate surface area is 222 Å². The van der Waals surface area contributed by atoms with E-state index in [9.17, 15) is 4.79 Å². The number of hydrogen-bond donors (Lipinski definition) is 0. The third-order valence-corrected chi connectivity index (χ3v) is 8.21. The minimum absolute atomic E-state index is 0.0360. The van der Waals surface area contributed by atoms with Gasteiger partial charge in [0.2, 0.25) is 5.91 Å². The van der Waals surface area contributed by atoms with Crippen molar-refractivity contribution in [3.63, 3.8) is 0 Å². The molecule has 3 nitrogen and oxygen atoms in total. The number of halogens is 4. The van der Waals surface area contributed by atoms with Crippen LogP contribution in [0.1, 0.15) is 30.0 Å². The molecule has 0 aromatic heterocycles. The van der Waals surface area contributed by atoms with E-state index in [1.807, 2.05) is 41.3 Å². The highest BCUT2D eigenvalue weighted by Crippen LogP contribution is 2.50. The van der Waals surface area contributed by atoms with E-state index in [1.54, 1.807) is 6.07 Å². The molecule has 0 N–H and O–H groups in total. The molecule has 1 unspecified atom stereocenters. The Bertz CT molecular complexity index is 1180. The van der Waals surface area contributed by atoms with Gasteiger partial charge in [-0.1, -0.05) is 59.1 Å². The first-order chi connectivity index (χ1) is 15.9. The van der Waals surface area contributed by atoms with Crippen LogP contribution in [0, 0.1) is 3.57 Å². The summed E-state index contributed by atoms with van der Waals surface area (Å²) < 4.78 is 1.18. The zero-order chi connectivity index (χ0) is 23.2. The van der Waals surface area contributed by atoms with E-state index in [-0.39, 0.29) is 17.4 Å². The smallest absolute Gasteiger partial charge is 0.233 e. The number of rotatable bonds is 4. The molecule has 33 heavy (non-hydrogen) atoms. The molecule has 1 heterocycles. The van der Waals surface area contributed by atoms with Crippen molar-refractivity contribution in [2.24, 2.45) is 0 Å². The van der Waals surface area contributed by atoms with Crippen molar-refractivity contribution in [1.29, 1.82) is 0 Å². The highest BCUT2D eigenvalue weighted by molar-refractivity contribution is 14.1. The average Bonchev–Trinajstić information content (AvgIpc) is 3.61. The summed E-state index contributed by atoms with van der Waals surface area (Å²) in [7, 11) is 0. The minimum atomic E-state index is -0.380. The molecule has 2 fully saturated rings. The quantitative estimate of drug-likeness (QED) is 0.288. The molecular formula is C26H22Cl3IN2O. The summed E-state index contributed by atoms with van der Waals surface area (Å²) in [6.45, 7) is 1.92. The third-order valence-electron chi connectivity index (χ3n) is 6.70. The first kappa shape index (κ1) is 23.3. The van der Waals surface area contributed by atoms with Gasteiger partial charge >= 0.3 is 0 Å². The summed E-state index contributed by atoms with van der Waals surface area (Å²) in [6.07, 6.45) is 1.81. The van der Waals surface area contributed by atoms with E-state index in [2.05, 4.69) is 51.8 Å². The summed E-state index contributed by atoms with van der Waals surface area (Å²) in [5, 5.41) is 1.90. The first-order valence-electron chi connectivity index (χ1n) is 10.9. The third kappa shape index (κ3) is 4.60. The molecule has 3 aromatic rings. The topological polar surface area (TPSA) is 23.6 Å². The van der Waals surface area contributed by atoms with E-state index >= 15 is 0 Å². The Kier molecular flexibility index (Phi) is 6.55. The van der Waals surface area contributed by atoms with Crippen LogP contribution < -0.4 is 4.90 Å². The molecule has 1 aliphatic heterocycles. The lowest BCUT2D eigenvalue weighted by Gasteiger charge is -2.44. The summed E-state index contributed by atoms with van der Waals surface area (Å²) >= 11 is 21.2. The van der Waals surface area contributed by atoms with Crippen LogP contribution in [-0.4, -0.2) is 30.4 Å². The molecule has 0 spiro atoms. The number of piperazine rings is 1. The van der Waals surface area contributed by atoms with Gasteiger partial charge in [-0.25, -0.2) is 0 Å². The summed E-state index contributed by atoms with van der Waals surface area (Å²) in [4.78, 5) is 18.1. The second kappa shape index (κ2) is 9.29. The van der Waals surface area contributed by atoms with Gasteiger partial charge in [-0.2, -0.15) is 0 Å². The van der Waals surface area contributed by atoms with Crippen molar-refractivity contribution < 1.29 is 4.79 Å². The summed E-state index contributed by atoms with van der Waals surface area (Å²) in [6, 6.07) is 21.8. The maximum Gasteiger partial charge on any atom is 0.233 e. The first-order valence-corrected chi connectivity index (χ1v) is 13.1. The Morgan fingerprint density at radius 1 is 0.879 bits per heavy atom. The normalized spacial score (nSPS) is 19.5. The Hall–Kier alpha value is -1.47. The fourth-order valence-corrected chi connectivity index (χ4v) is 5.77. The van der Waals surface area contributed by atoms with Gasteiger partial charge in [0.25, 0.3) is 0 Å². The number of amides is 1. The Morgan fingerprint density at radius 3 is 2.18 bits per heavy atom. The second-order valence-corrected chi connectivity index (χ2v) is 11.2. The van der Waals surface area contributed by atoms with Gasteiger partial charge in [0.15, 0.2) is 0 Å². The number of nitrogens with zero attached hydrogens (tertiary/aromatic N) is 2. The maximum absolute atomic E-state index is 13.8. The number of anilines is 1. The van der Waals surface area contributed by atoms with Crippen LogP contribution in [0.15, 0.2) is 66.7 Å². The lowest BCUT2D eigenvalue weighted by Crippen LogP contribution is -2.53. The van der Waals surface area contributed by atoms with Gasteiger partial charge in [0, 0.05) is 33.2 Å². The Balaban J connectivity index is 1.46. The average molecular weight is 612 g/mol. The van der Waals surface area contributed by atoms with Gasteiger partial charge in [-0.15, -0.1) is 0 Å². The largest absolute Gasteiger partial charge is 0.360 e. The fourth-order valence-electron chi connectivity index (χ4n) is 4.76. The van der Waals surface area contributed by atoms with E-state index in [0.717, 1.165) is 29.7 Å². The van der Waals surface area contributed by atoms with Gasteiger partial charge in [0.05, 0.1) is 22.2 Å². The number of benzene rings is 3. The predicted octanol–water partition coefficient (Wildman–Crippen LogP) is 7.37. The SMILES string of the molecule is O=C(N1CCN(c2ccc(Cl)cc2Cl)C(c2ccc(Cl)cc2)C1)C1(c2ccc(I)cc2)CC1. The molecule has 0 bridgehead atoms. The van der Waals surface area contributed by atoms with Gasteiger partial charge < -0.3 is 9.80 Å². The zero-order valence-corrected chi connectivity index (χ0v) is 22.2. The maximum atomic E-state index is 13.8. The number of carbonyl (C=O) groups is 1. The van der Waals surface area contributed by atoms with Crippen LogP contribution in [0.4, 0.5) is 5.69 Å². The standard InChI is InChI=1S/C26H22Cl3IN2O/c27-19-5-1-17(2-6-19)24-16-31(13-14-32(24)23-10-7-20(28)15-22(23)29)25(33)26(11-12-26)18-3-8-21(30)9-4-18/h1-10,15,24H,11-14,16H2. The zero-order valence-electron chi connectivity index (χ0n) is 17.8. The van der Waals surface area contributed by atoms with Crippen molar-refractivity contribution in [3.8, 4) is 0 Å². The highest BCUT2D eigenvalue weighted by atomic mass is 127. The second-order valence-electron chi connectivity index (χ2n) is 8.70.